The van der Waals surface area contributed by atoms with Crippen molar-refractivity contribution < 1.29 is 18.4 Å². The number of amides is 2. The quantitative estimate of drug-likeness (QED) is 0.751. The zero-order valence-electron chi connectivity index (χ0n) is 16.1. The van der Waals surface area contributed by atoms with E-state index in [0.29, 0.717) is 5.69 Å². The smallest absolute Gasteiger partial charge is 0.239 e. The lowest BCUT2D eigenvalue weighted by Crippen LogP contribution is -2.42. The molecule has 0 aromatic heterocycles. The maximum absolute atomic E-state index is 13.3. The van der Waals surface area contributed by atoms with E-state index in [2.05, 4.69) is 10.6 Å². The average molecular weight is 374 g/mol. The molecular weight excluding hydrogens is 350 g/mol. The Bertz CT molecular complexity index is 871. The van der Waals surface area contributed by atoms with Gasteiger partial charge in [-0.15, -0.1) is 0 Å². The van der Waals surface area contributed by atoms with Crippen LogP contribution in [-0.2, 0) is 15.0 Å². The Kier molecular flexibility index (Phi) is 5.68. The van der Waals surface area contributed by atoms with Crippen LogP contribution in [0.15, 0.2) is 42.5 Å². The number of rotatable bonds is 4. The lowest BCUT2D eigenvalue weighted by molar-refractivity contribution is -0.135. The molecule has 0 bridgehead atoms. The Morgan fingerprint density at radius 1 is 0.815 bits per heavy atom. The van der Waals surface area contributed by atoms with E-state index in [-0.39, 0.29) is 11.1 Å². The maximum atomic E-state index is 13.3. The predicted molar refractivity (Wildman–Crippen MR) is 103 cm³/mol. The first-order valence-corrected chi connectivity index (χ1v) is 8.60. The summed E-state index contributed by atoms with van der Waals surface area (Å²) in [7, 11) is 0. The lowest BCUT2D eigenvalue weighted by atomic mass is 9.85. The fourth-order valence-electron chi connectivity index (χ4n) is 2.49. The number of anilines is 2. The van der Waals surface area contributed by atoms with Gasteiger partial charge in [0, 0.05) is 17.4 Å². The molecule has 2 rings (SSSR count). The minimum Gasteiger partial charge on any atom is -0.325 e. The Labute approximate surface area is 158 Å². The largest absolute Gasteiger partial charge is 0.325 e. The number of carbonyl (C=O) groups is 2. The van der Waals surface area contributed by atoms with Crippen LogP contribution in [0.25, 0.3) is 0 Å². The van der Waals surface area contributed by atoms with Crippen molar-refractivity contribution in [3.63, 3.8) is 0 Å². The molecule has 0 aliphatic heterocycles. The average Bonchev–Trinajstić information content (AvgIpc) is 2.57. The molecule has 27 heavy (non-hydrogen) atoms. The maximum Gasteiger partial charge on any atom is 0.239 e. The van der Waals surface area contributed by atoms with E-state index >= 15 is 0 Å². The molecule has 2 N–H and O–H groups in total. The van der Waals surface area contributed by atoms with E-state index in [4.69, 9.17) is 0 Å². The standard InChI is InChI=1S/C21H24F2N2O2/c1-20(2,3)14-8-6-7-9-17(14)25-19(27)21(4,5)18(26)24-13-10-11-15(22)16(23)12-13/h6-12H,1-5H3,(H,24,26)(H,25,27). The van der Waals surface area contributed by atoms with Crippen molar-refractivity contribution in [3.05, 3.63) is 59.7 Å². The van der Waals surface area contributed by atoms with Gasteiger partial charge in [0.2, 0.25) is 11.8 Å². The van der Waals surface area contributed by atoms with Crippen LogP contribution in [0.4, 0.5) is 20.2 Å². The van der Waals surface area contributed by atoms with Crippen molar-refractivity contribution >= 4 is 23.2 Å². The molecule has 6 heteroatoms. The van der Waals surface area contributed by atoms with Crippen LogP contribution < -0.4 is 10.6 Å². The van der Waals surface area contributed by atoms with E-state index in [1.165, 1.54) is 19.9 Å². The minimum absolute atomic E-state index is 0.0786. The Morgan fingerprint density at radius 3 is 2.00 bits per heavy atom. The summed E-state index contributed by atoms with van der Waals surface area (Å²) in [5.41, 5.74) is 0.0198. The van der Waals surface area contributed by atoms with Gasteiger partial charge in [-0.2, -0.15) is 0 Å². The highest BCUT2D eigenvalue weighted by Crippen LogP contribution is 2.31. The van der Waals surface area contributed by atoms with E-state index in [1.54, 1.807) is 12.1 Å². The van der Waals surface area contributed by atoms with Crippen molar-refractivity contribution in [1.29, 1.82) is 0 Å². The van der Waals surface area contributed by atoms with E-state index in [0.717, 1.165) is 17.7 Å². The molecule has 0 saturated carbocycles. The molecule has 144 valence electrons. The molecule has 0 aliphatic rings. The van der Waals surface area contributed by atoms with Gasteiger partial charge in [0.1, 0.15) is 5.41 Å². The SMILES string of the molecule is CC(C)(C(=O)Nc1ccc(F)c(F)c1)C(=O)Nc1ccccc1C(C)(C)C. The van der Waals surface area contributed by atoms with Crippen LogP contribution in [-0.4, -0.2) is 11.8 Å². The van der Waals surface area contributed by atoms with Crippen LogP contribution in [0.5, 0.6) is 0 Å². The monoisotopic (exact) mass is 374 g/mol. The van der Waals surface area contributed by atoms with Crippen molar-refractivity contribution in [2.45, 2.75) is 40.0 Å². The first-order valence-electron chi connectivity index (χ1n) is 8.60. The summed E-state index contributed by atoms with van der Waals surface area (Å²) in [5.74, 6) is -3.21. The minimum atomic E-state index is -1.43. The molecule has 0 fully saturated rings. The highest BCUT2D eigenvalue weighted by molar-refractivity contribution is 6.14. The second-order valence-corrected chi connectivity index (χ2v) is 7.96. The summed E-state index contributed by atoms with van der Waals surface area (Å²) in [4.78, 5) is 25.3. The van der Waals surface area contributed by atoms with Crippen LogP contribution in [0, 0.1) is 17.0 Å². The molecule has 0 spiro atoms. The summed E-state index contributed by atoms with van der Waals surface area (Å²) in [5, 5.41) is 5.27. The summed E-state index contributed by atoms with van der Waals surface area (Å²) in [6.07, 6.45) is 0. The third-order valence-electron chi connectivity index (χ3n) is 4.30. The summed E-state index contributed by atoms with van der Waals surface area (Å²) < 4.78 is 26.3. The number of halogens is 2. The number of nitrogens with one attached hydrogen (secondary N) is 2. The molecule has 0 unspecified atom stereocenters. The highest BCUT2D eigenvalue weighted by Gasteiger charge is 2.37. The van der Waals surface area contributed by atoms with Gasteiger partial charge in [-0.1, -0.05) is 39.0 Å². The third kappa shape index (κ3) is 4.70. The zero-order valence-corrected chi connectivity index (χ0v) is 16.1. The molecule has 0 aliphatic carbocycles. The van der Waals surface area contributed by atoms with E-state index in [9.17, 15) is 18.4 Å². The van der Waals surface area contributed by atoms with Crippen LogP contribution in [0.3, 0.4) is 0 Å². The predicted octanol–water partition coefficient (Wildman–Crippen LogP) is 4.87. The highest BCUT2D eigenvalue weighted by atomic mass is 19.2. The molecule has 2 aromatic rings. The number of benzene rings is 2. The summed E-state index contributed by atoms with van der Waals surface area (Å²) in [6, 6.07) is 10.4. The van der Waals surface area contributed by atoms with Gasteiger partial charge < -0.3 is 10.6 Å². The van der Waals surface area contributed by atoms with Crippen LogP contribution in [0.1, 0.15) is 40.2 Å². The second-order valence-electron chi connectivity index (χ2n) is 7.96. The van der Waals surface area contributed by atoms with E-state index in [1.807, 2.05) is 32.9 Å². The van der Waals surface area contributed by atoms with Gasteiger partial charge in [0.05, 0.1) is 0 Å². The van der Waals surface area contributed by atoms with Crippen LogP contribution >= 0.6 is 0 Å². The first-order chi connectivity index (χ1) is 12.4. The fraction of sp³-hybridized carbons (Fsp3) is 0.333. The molecule has 0 saturated heterocycles. The number of hydrogen-bond acceptors (Lipinski definition) is 2. The molecule has 0 heterocycles. The van der Waals surface area contributed by atoms with Gasteiger partial charge in [-0.25, -0.2) is 8.78 Å². The normalized spacial score (nSPS) is 11.8. The topological polar surface area (TPSA) is 58.2 Å². The Morgan fingerprint density at radius 2 is 1.41 bits per heavy atom. The lowest BCUT2D eigenvalue weighted by Gasteiger charge is -2.26. The number of carbonyl (C=O) groups excluding carboxylic acids is 2. The van der Waals surface area contributed by atoms with Gasteiger partial charge in [0.15, 0.2) is 11.6 Å². The van der Waals surface area contributed by atoms with Gasteiger partial charge in [-0.3, -0.25) is 9.59 Å². The molecule has 2 amide bonds. The van der Waals surface area contributed by atoms with Gasteiger partial charge in [0.25, 0.3) is 0 Å². The van der Waals surface area contributed by atoms with E-state index < -0.39 is 28.9 Å². The van der Waals surface area contributed by atoms with Gasteiger partial charge >= 0.3 is 0 Å². The Balaban J connectivity index is 2.19. The molecule has 4 nitrogen and oxygen atoms in total. The molecular formula is C21H24F2N2O2. The van der Waals surface area contributed by atoms with Gasteiger partial charge in [-0.05, 0) is 43.0 Å². The first kappa shape index (κ1) is 20.6. The number of hydrogen-bond donors (Lipinski definition) is 2. The molecule has 0 radical (unpaired) electrons. The second kappa shape index (κ2) is 7.47. The van der Waals surface area contributed by atoms with Crippen molar-refractivity contribution in [2.75, 3.05) is 10.6 Å². The zero-order chi connectivity index (χ0) is 20.4. The van der Waals surface area contributed by atoms with Crippen LogP contribution in [0.2, 0.25) is 0 Å². The molecule has 0 atom stereocenters. The van der Waals surface area contributed by atoms with Crippen molar-refractivity contribution in [3.8, 4) is 0 Å². The Hall–Kier alpha value is -2.76. The molecule has 2 aromatic carbocycles. The summed E-state index contributed by atoms with van der Waals surface area (Å²) in [6.45, 7) is 9.02. The number of para-hydroxylation sites is 1. The van der Waals surface area contributed by atoms with Crippen molar-refractivity contribution in [2.24, 2.45) is 5.41 Å². The summed E-state index contributed by atoms with van der Waals surface area (Å²) >= 11 is 0. The van der Waals surface area contributed by atoms with Crippen molar-refractivity contribution in [1.82, 2.24) is 0 Å². The fourth-order valence-corrected chi connectivity index (χ4v) is 2.49. The third-order valence-corrected chi connectivity index (χ3v) is 4.30.